The number of ether oxygens (including phenoxy) is 4. The molecule has 1 aromatic carbocycles. The van der Waals surface area contributed by atoms with Gasteiger partial charge in [-0.1, -0.05) is 12.1 Å². The van der Waals surface area contributed by atoms with E-state index in [9.17, 15) is 0 Å². The van der Waals surface area contributed by atoms with Crippen LogP contribution in [0.15, 0.2) is 36.5 Å². The van der Waals surface area contributed by atoms with E-state index in [1.165, 1.54) is 0 Å². The highest BCUT2D eigenvalue weighted by Gasteiger charge is 2.22. The number of hydrogen-bond acceptors (Lipinski definition) is 6. The Hall–Kier alpha value is -2.31. The summed E-state index contributed by atoms with van der Waals surface area (Å²) in [6.07, 6.45) is 4.32. The Balaban J connectivity index is 1.84. The lowest BCUT2D eigenvalue weighted by Crippen LogP contribution is -2.32. The Morgan fingerprint density at radius 3 is 2.52 bits per heavy atom. The smallest absolute Gasteiger partial charge is 0.203 e. The van der Waals surface area contributed by atoms with E-state index in [-0.39, 0.29) is 6.10 Å². The van der Waals surface area contributed by atoms with E-state index in [2.05, 4.69) is 9.88 Å². The van der Waals surface area contributed by atoms with Crippen molar-refractivity contribution in [3.05, 3.63) is 47.8 Å². The van der Waals surface area contributed by atoms with E-state index in [0.717, 1.165) is 43.8 Å². The fourth-order valence-corrected chi connectivity index (χ4v) is 3.51. The van der Waals surface area contributed by atoms with E-state index >= 15 is 0 Å². The molecule has 6 nitrogen and oxygen atoms in total. The average molecular weight is 372 g/mol. The predicted molar refractivity (Wildman–Crippen MR) is 103 cm³/mol. The van der Waals surface area contributed by atoms with Crippen molar-refractivity contribution in [2.75, 3.05) is 34.5 Å². The van der Waals surface area contributed by atoms with Gasteiger partial charge in [0.25, 0.3) is 0 Å². The maximum absolute atomic E-state index is 5.86. The van der Waals surface area contributed by atoms with Crippen LogP contribution in [0.2, 0.25) is 0 Å². The van der Waals surface area contributed by atoms with Crippen LogP contribution in [0, 0.1) is 0 Å². The van der Waals surface area contributed by atoms with Gasteiger partial charge in [-0.3, -0.25) is 9.88 Å². The first-order valence-electron chi connectivity index (χ1n) is 9.26. The summed E-state index contributed by atoms with van der Waals surface area (Å²) in [5, 5.41) is 0. The third-order valence-corrected chi connectivity index (χ3v) is 4.78. The van der Waals surface area contributed by atoms with Gasteiger partial charge in [0, 0.05) is 38.0 Å². The normalized spacial score (nSPS) is 16.5. The highest BCUT2D eigenvalue weighted by atomic mass is 16.5. The molecule has 2 heterocycles. The molecule has 0 N–H and O–H groups in total. The molecule has 1 aromatic heterocycles. The van der Waals surface area contributed by atoms with Crippen LogP contribution in [-0.4, -0.2) is 50.5 Å². The van der Waals surface area contributed by atoms with Crippen molar-refractivity contribution in [3.63, 3.8) is 0 Å². The Bertz CT molecular complexity index is 718. The number of hydrogen-bond donors (Lipinski definition) is 0. The average Bonchev–Trinajstić information content (AvgIpc) is 3.21. The van der Waals surface area contributed by atoms with Crippen LogP contribution in [-0.2, 0) is 17.8 Å². The lowest BCUT2D eigenvalue weighted by atomic mass is 10.1. The Kier molecular flexibility index (Phi) is 6.90. The van der Waals surface area contributed by atoms with E-state index in [0.29, 0.717) is 23.8 Å². The van der Waals surface area contributed by atoms with Crippen LogP contribution in [0.4, 0.5) is 0 Å². The first kappa shape index (κ1) is 19.5. The molecule has 0 amide bonds. The fraction of sp³-hybridized carbons (Fsp3) is 0.476. The molecule has 1 fully saturated rings. The van der Waals surface area contributed by atoms with Crippen LogP contribution in [0.25, 0.3) is 0 Å². The number of pyridine rings is 1. The molecule has 6 heteroatoms. The third kappa shape index (κ3) is 4.90. The van der Waals surface area contributed by atoms with Gasteiger partial charge in [0.1, 0.15) is 0 Å². The summed E-state index contributed by atoms with van der Waals surface area (Å²) in [6, 6.07) is 9.95. The fourth-order valence-electron chi connectivity index (χ4n) is 3.51. The van der Waals surface area contributed by atoms with Crippen molar-refractivity contribution >= 4 is 0 Å². The summed E-state index contributed by atoms with van der Waals surface area (Å²) in [5.41, 5.74) is 2.08. The summed E-state index contributed by atoms with van der Waals surface area (Å²) in [4.78, 5) is 6.83. The number of nitrogens with zero attached hydrogens (tertiary/aromatic N) is 2. The van der Waals surface area contributed by atoms with Crippen molar-refractivity contribution in [2.45, 2.75) is 32.0 Å². The second-order valence-corrected chi connectivity index (χ2v) is 6.62. The summed E-state index contributed by atoms with van der Waals surface area (Å²) in [6.45, 7) is 3.16. The maximum Gasteiger partial charge on any atom is 0.203 e. The second kappa shape index (κ2) is 9.58. The van der Waals surface area contributed by atoms with Crippen LogP contribution in [0.5, 0.6) is 17.2 Å². The molecule has 0 saturated carbocycles. The zero-order valence-corrected chi connectivity index (χ0v) is 16.3. The molecule has 0 unspecified atom stereocenters. The van der Waals surface area contributed by atoms with Crippen molar-refractivity contribution < 1.29 is 18.9 Å². The molecule has 1 atom stereocenters. The highest BCUT2D eigenvalue weighted by molar-refractivity contribution is 5.55. The Morgan fingerprint density at radius 2 is 1.89 bits per heavy atom. The number of aromatic nitrogens is 1. The quantitative estimate of drug-likeness (QED) is 0.673. The molecule has 2 aromatic rings. The van der Waals surface area contributed by atoms with E-state index in [4.69, 9.17) is 18.9 Å². The zero-order valence-electron chi connectivity index (χ0n) is 16.3. The highest BCUT2D eigenvalue weighted by Crippen LogP contribution is 2.40. The summed E-state index contributed by atoms with van der Waals surface area (Å²) >= 11 is 0. The molecule has 1 aliphatic heterocycles. The van der Waals surface area contributed by atoms with Crippen molar-refractivity contribution in [3.8, 4) is 17.2 Å². The molecule has 3 rings (SSSR count). The molecular formula is C21H28N2O4. The number of rotatable bonds is 9. The van der Waals surface area contributed by atoms with E-state index in [1.807, 2.05) is 36.5 Å². The first-order chi connectivity index (χ1) is 13.2. The van der Waals surface area contributed by atoms with Gasteiger partial charge < -0.3 is 18.9 Å². The van der Waals surface area contributed by atoms with Crippen LogP contribution in [0.3, 0.4) is 0 Å². The summed E-state index contributed by atoms with van der Waals surface area (Å²) in [5.74, 6) is 1.98. The lowest BCUT2D eigenvalue weighted by Gasteiger charge is -2.26. The van der Waals surface area contributed by atoms with E-state index in [1.54, 1.807) is 21.3 Å². The monoisotopic (exact) mass is 372 g/mol. The predicted octanol–water partition coefficient (Wildman–Crippen LogP) is 3.29. The molecular weight excluding hydrogens is 344 g/mol. The molecule has 0 aliphatic carbocycles. The van der Waals surface area contributed by atoms with Crippen molar-refractivity contribution in [1.29, 1.82) is 0 Å². The minimum absolute atomic E-state index is 0.264. The molecule has 0 spiro atoms. The standard InChI is InChI=1S/C21H28N2O4/c1-24-19-10-9-16(20(25-2)21(19)26-3)13-23(15-18-8-6-12-27-18)14-17-7-4-5-11-22-17/h4-5,7,9-11,18H,6,8,12-15H2,1-3H3/t18-/m0/s1. The molecule has 1 saturated heterocycles. The van der Waals surface area contributed by atoms with Crippen molar-refractivity contribution in [2.24, 2.45) is 0 Å². The van der Waals surface area contributed by atoms with Gasteiger partial charge in [-0.15, -0.1) is 0 Å². The number of methoxy groups -OCH3 is 3. The van der Waals surface area contributed by atoms with Gasteiger partial charge in [0.05, 0.1) is 33.1 Å². The molecule has 0 bridgehead atoms. The molecule has 1 aliphatic rings. The number of benzene rings is 1. The topological polar surface area (TPSA) is 53.1 Å². The van der Waals surface area contributed by atoms with E-state index < -0.39 is 0 Å². The van der Waals surface area contributed by atoms with Gasteiger partial charge in [0.15, 0.2) is 11.5 Å². The van der Waals surface area contributed by atoms with Gasteiger partial charge >= 0.3 is 0 Å². The largest absolute Gasteiger partial charge is 0.493 e. The van der Waals surface area contributed by atoms with Crippen molar-refractivity contribution in [1.82, 2.24) is 9.88 Å². The zero-order chi connectivity index (χ0) is 19.1. The van der Waals surface area contributed by atoms with Crippen LogP contribution < -0.4 is 14.2 Å². The SMILES string of the molecule is COc1ccc(CN(Cc2ccccn2)C[C@@H]2CCCO2)c(OC)c1OC. The molecule has 27 heavy (non-hydrogen) atoms. The first-order valence-corrected chi connectivity index (χ1v) is 9.26. The van der Waals surface area contributed by atoms with Crippen LogP contribution in [0.1, 0.15) is 24.1 Å². The van der Waals surface area contributed by atoms with Gasteiger partial charge in [-0.05, 0) is 31.0 Å². The van der Waals surface area contributed by atoms with Gasteiger partial charge in [-0.25, -0.2) is 0 Å². The van der Waals surface area contributed by atoms with Gasteiger partial charge in [-0.2, -0.15) is 0 Å². The summed E-state index contributed by atoms with van der Waals surface area (Å²) in [7, 11) is 4.91. The van der Waals surface area contributed by atoms with Gasteiger partial charge in [0.2, 0.25) is 5.75 Å². The molecule has 0 radical (unpaired) electrons. The summed E-state index contributed by atoms with van der Waals surface area (Å²) < 4.78 is 22.4. The minimum atomic E-state index is 0.264. The molecule has 146 valence electrons. The lowest BCUT2D eigenvalue weighted by molar-refractivity contribution is 0.0671. The second-order valence-electron chi connectivity index (χ2n) is 6.62. The Labute approximate surface area is 161 Å². The Morgan fingerprint density at radius 1 is 1.04 bits per heavy atom. The maximum atomic E-state index is 5.86. The third-order valence-electron chi connectivity index (χ3n) is 4.78. The minimum Gasteiger partial charge on any atom is -0.493 e. The van der Waals surface area contributed by atoms with Crippen LogP contribution >= 0.6 is 0 Å².